The zero-order valence-electron chi connectivity index (χ0n) is 16.2. The van der Waals surface area contributed by atoms with Crippen LogP contribution in [0.4, 0.5) is 13.2 Å². The van der Waals surface area contributed by atoms with E-state index in [4.69, 9.17) is 9.47 Å². The fourth-order valence-corrected chi connectivity index (χ4v) is 2.77. The van der Waals surface area contributed by atoms with Crippen molar-refractivity contribution in [1.29, 1.82) is 0 Å². The number of methoxy groups -OCH3 is 1. The minimum atomic E-state index is -3.18. The van der Waals surface area contributed by atoms with Crippen LogP contribution in [0, 0.1) is 5.82 Å². The van der Waals surface area contributed by atoms with E-state index >= 15 is 0 Å². The SMILES string of the molecule is COc1cc(F)ccc1Oc1cc(C(C)(F)F)ccc1C(=O)NC1=CC(=O)CC=C1. The third kappa shape index (κ3) is 4.89. The summed E-state index contributed by atoms with van der Waals surface area (Å²) in [5, 5.41) is 2.54. The van der Waals surface area contributed by atoms with Gasteiger partial charge in [0.15, 0.2) is 17.3 Å². The number of hydrogen-bond acceptors (Lipinski definition) is 4. The van der Waals surface area contributed by atoms with Crippen molar-refractivity contribution in [2.75, 3.05) is 7.11 Å². The van der Waals surface area contributed by atoms with Crippen LogP contribution in [0.15, 0.2) is 60.3 Å². The fourth-order valence-electron chi connectivity index (χ4n) is 2.77. The van der Waals surface area contributed by atoms with E-state index < -0.39 is 17.6 Å². The van der Waals surface area contributed by atoms with Crippen LogP contribution in [0.2, 0.25) is 0 Å². The Labute approximate surface area is 170 Å². The third-order valence-corrected chi connectivity index (χ3v) is 4.27. The lowest BCUT2D eigenvalue weighted by Crippen LogP contribution is -2.24. The summed E-state index contributed by atoms with van der Waals surface area (Å²) in [7, 11) is 1.30. The van der Waals surface area contributed by atoms with E-state index in [9.17, 15) is 22.8 Å². The van der Waals surface area contributed by atoms with Crippen LogP contribution >= 0.6 is 0 Å². The fraction of sp³-hybridized carbons (Fsp3) is 0.182. The molecule has 1 N–H and O–H groups in total. The molecular weight excluding hydrogens is 399 g/mol. The summed E-state index contributed by atoms with van der Waals surface area (Å²) in [6, 6.07) is 6.78. The molecule has 156 valence electrons. The molecule has 0 atom stereocenters. The molecule has 0 saturated carbocycles. The van der Waals surface area contributed by atoms with Crippen LogP contribution in [0.1, 0.15) is 29.3 Å². The maximum Gasteiger partial charge on any atom is 0.270 e. The number of carbonyl (C=O) groups is 2. The zero-order valence-corrected chi connectivity index (χ0v) is 16.2. The van der Waals surface area contributed by atoms with Gasteiger partial charge in [-0.05, 0) is 30.3 Å². The van der Waals surface area contributed by atoms with Crippen molar-refractivity contribution < 1.29 is 32.2 Å². The molecule has 0 radical (unpaired) electrons. The smallest absolute Gasteiger partial charge is 0.270 e. The summed E-state index contributed by atoms with van der Waals surface area (Å²) in [6.45, 7) is 0.716. The average Bonchev–Trinajstić information content (AvgIpc) is 2.68. The molecule has 1 aliphatic carbocycles. The summed E-state index contributed by atoms with van der Waals surface area (Å²) in [5.41, 5.74) is -0.157. The van der Waals surface area contributed by atoms with Gasteiger partial charge in [-0.1, -0.05) is 12.1 Å². The first kappa shape index (κ1) is 21.2. The van der Waals surface area contributed by atoms with Gasteiger partial charge in [0.25, 0.3) is 11.8 Å². The lowest BCUT2D eigenvalue weighted by Gasteiger charge is -2.17. The topological polar surface area (TPSA) is 64.6 Å². The number of ketones is 1. The number of rotatable bonds is 6. The number of halogens is 3. The Morgan fingerprint density at radius 2 is 1.87 bits per heavy atom. The van der Waals surface area contributed by atoms with Crippen molar-refractivity contribution in [2.45, 2.75) is 19.3 Å². The van der Waals surface area contributed by atoms with Gasteiger partial charge in [0.2, 0.25) is 0 Å². The molecule has 1 aliphatic rings. The van der Waals surface area contributed by atoms with Gasteiger partial charge >= 0.3 is 0 Å². The number of nitrogens with one attached hydrogen (secondary N) is 1. The summed E-state index contributed by atoms with van der Waals surface area (Å²) < 4.78 is 51.8. The molecule has 8 heteroatoms. The van der Waals surface area contributed by atoms with Crippen molar-refractivity contribution in [2.24, 2.45) is 0 Å². The van der Waals surface area contributed by atoms with Crippen LogP contribution in [0.25, 0.3) is 0 Å². The summed E-state index contributed by atoms with van der Waals surface area (Å²) >= 11 is 0. The first-order valence-electron chi connectivity index (χ1n) is 8.93. The third-order valence-electron chi connectivity index (χ3n) is 4.27. The minimum Gasteiger partial charge on any atom is -0.493 e. The molecule has 3 rings (SSSR count). The summed E-state index contributed by atoms with van der Waals surface area (Å²) in [5.74, 6) is -4.71. The van der Waals surface area contributed by atoms with Crippen molar-refractivity contribution in [3.8, 4) is 17.2 Å². The second-order valence-electron chi connectivity index (χ2n) is 6.62. The Kier molecular flexibility index (Phi) is 5.96. The predicted molar refractivity (Wildman–Crippen MR) is 103 cm³/mol. The Morgan fingerprint density at radius 1 is 1.10 bits per heavy atom. The van der Waals surface area contributed by atoms with E-state index in [-0.39, 0.29) is 46.3 Å². The molecule has 1 amide bonds. The van der Waals surface area contributed by atoms with E-state index in [1.165, 1.54) is 25.3 Å². The Hall–Kier alpha value is -3.55. The van der Waals surface area contributed by atoms with Crippen molar-refractivity contribution >= 4 is 11.7 Å². The van der Waals surface area contributed by atoms with Gasteiger partial charge in [-0.3, -0.25) is 9.59 Å². The highest BCUT2D eigenvalue weighted by molar-refractivity contribution is 6.00. The number of amides is 1. The standard InChI is InChI=1S/C22H18F3NO4/c1-22(24,25)13-6-8-17(21(28)26-15-4-3-5-16(27)12-15)19(10-13)30-18-9-7-14(23)11-20(18)29-2/h3-4,6-12H,5H2,1-2H3,(H,26,28). The molecule has 2 aromatic carbocycles. The number of carbonyl (C=O) groups excluding carboxylic acids is 2. The molecule has 0 fully saturated rings. The number of benzene rings is 2. The van der Waals surface area contributed by atoms with Crippen LogP contribution in [0.5, 0.6) is 17.2 Å². The maximum atomic E-state index is 13.8. The van der Waals surface area contributed by atoms with Gasteiger partial charge in [0.1, 0.15) is 11.6 Å². The van der Waals surface area contributed by atoms with Crippen molar-refractivity contribution in [1.82, 2.24) is 5.32 Å². The molecule has 0 aromatic heterocycles. The highest BCUT2D eigenvalue weighted by Gasteiger charge is 2.27. The Balaban J connectivity index is 2.00. The summed E-state index contributed by atoms with van der Waals surface area (Å²) in [4.78, 5) is 24.3. The molecule has 0 heterocycles. The largest absolute Gasteiger partial charge is 0.493 e. The van der Waals surface area contributed by atoms with Gasteiger partial charge in [-0.25, -0.2) is 13.2 Å². The van der Waals surface area contributed by atoms with Gasteiger partial charge in [-0.2, -0.15) is 0 Å². The monoisotopic (exact) mass is 417 g/mol. The minimum absolute atomic E-state index is 0.0264. The first-order valence-corrected chi connectivity index (χ1v) is 8.93. The molecule has 30 heavy (non-hydrogen) atoms. The molecule has 0 spiro atoms. The highest BCUT2D eigenvalue weighted by atomic mass is 19.3. The van der Waals surface area contributed by atoms with E-state index in [0.29, 0.717) is 6.92 Å². The molecular formula is C22H18F3NO4. The predicted octanol–water partition coefficient (Wildman–Crippen LogP) is 4.88. The molecule has 2 aromatic rings. The molecule has 0 aliphatic heterocycles. The van der Waals surface area contributed by atoms with E-state index in [2.05, 4.69) is 5.32 Å². The van der Waals surface area contributed by atoms with Crippen LogP contribution < -0.4 is 14.8 Å². The second kappa shape index (κ2) is 8.44. The number of alkyl halides is 2. The average molecular weight is 417 g/mol. The normalized spacial score (nSPS) is 13.6. The van der Waals surface area contributed by atoms with Crippen molar-refractivity contribution in [3.05, 3.63) is 77.3 Å². The first-order chi connectivity index (χ1) is 14.2. The van der Waals surface area contributed by atoms with Gasteiger partial charge in [-0.15, -0.1) is 0 Å². The number of allylic oxidation sites excluding steroid dienone is 3. The van der Waals surface area contributed by atoms with Gasteiger partial charge in [0, 0.05) is 36.7 Å². The van der Waals surface area contributed by atoms with Gasteiger partial charge < -0.3 is 14.8 Å². The summed E-state index contributed by atoms with van der Waals surface area (Å²) in [6.07, 6.45) is 4.67. The quantitative estimate of drug-likeness (QED) is 0.728. The lowest BCUT2D eigenvalue weighted by molar-refractivity contribution is -0.113. The van der Waals surface area contributed by atoms with Gasteiger partial charge in [0.05, 0.1) is 12.7 Å². The van der Waals surface area contributed by atoms with Crippen LogP contribution in [0.3, 0.4) is 0 Å². The van der Waals surface area contributed by atoms with Crippen LogP contribution in [-0.2, 0) is 10.7 Å². The number of ether oxygens (including phenoxy) is 2. The Morgan fingerprint density at radius 3 is 2.53 bits per heavy atom. The van der Waals surface area contributed by atoms with E-state index in [1.54, 1.807) is 12.2 Å². The molecule has 0 saturated heterocycles. The van der Waals surface area contributed by atoms with E-state index in [0.717, 1.165) is 24.3 Å². The Bertz CT molecular complexity index is 1050. The molecule has 0 unspecified atom stereocenters. The second-order valence-corrected chi connectivity index (χ2v) is 6.62. The molecule has 5 nitrogen and oxygen atoms in total. The highest BCUT2D eigenvalue weighted by Crippen LogP contribution is 2.37. The lowest BCUT2D eigenvalue weighted by atomic mass is 10.0. The number of hydrogen-bond donors (Lipinski definition) is 1. The van der Waals surface area contributed by atoms with Crippen LogP contribution in [-0.4, -0.2) is 18.8 Å². The van der Waals surface area contributed by atoms with Crippen molar-refractivity contribution in [3.63, 3.8) is 0 Å². The maximum absolute atomic E-state index is 13.8. The zero-order chi connectivity index (χ0) is 21.9. The van der Waals surface area contributed by atoms with E-state index in [1.807, 2.05) is 0 Å². The molecule has 0 bridgehead atoms.